The molecule has 8 heteroatoms. The second-order valence-electron chi connectivity index (χ2n) is 5.49. The third kappa shape index (κ3) is 3.65. The van der Waals surface area contributed by atoms with Crippen LogP contribution in [0.15, 0.2) is 34.1 Å². The fraction of sp³-hybridized carbons (Fsp3) is 0.312. The number of carbonyl (C=O) groups is 1. The van der Waals surface area contributed by atoms with E-state index in [2.05, 4.69) is 10.2 Å². The number of amides is 1. The van der Waals surface area contributed by atoms with Gasteiger partial charge in [0.05, 0.1) is 11.4 Å². The molecule has 3 heterocycles. The molecule has 0 aliphatic rings. The van der Waals surface area contributed by atoms with Gasteiger partial charge in [0.25, 0.3) is 0 Å². The standard InChI is InChI=1S/C16H18N4O2S2/c1-11-5-6-12(22-11)10-19(2)14(21)7-8-20-15(17-18-16(20)23)13-4-3-9-24-13/h3-6,9H,7-8,10H2,1-2H3,(H,18,23). The molecule has 0 atom stereocenters. The quantitative estimate of drug-likeness (QED) is 0.680. The summed E-state index contributed by atoms with van der Waals surface area (Å²) in [5, 5.41) is 9.06. The third-order valence-electron chi connectivity index (χ3n) is 3.66. The second-order valence-corrected chi connectivity index (χ2v) is 6.83. The van der Waals surface area contributed by atoms with Gasteiger partial charge in [-0.2, -0.15) is 5.10 Å². The predicted molar refractivity (Wildman–Crippen MR) is 95.3 cm³/mol. The first-order chi connectivity index (χ1) is 11.5. The molecule has 0 aromatic carbocycles. The van der Waals surface area contributed by atoms with E-state index in [0.29, 0.717) is 24.3 Å². The lowest BCUT2D eigenvalue weighted by Crippen LogP contribution is -2.27. The summed E-state index contributed by atoms with van der Waals surface area (Å²) in [5.74, 6) is 2.43. The molecule has 0 unspecified atom stereocenters. The van der Waals surface area contributed by atoms with Crippen molar-refractivity contribution in [3.05, 3.63) is 45.9 Å². The molecule has 0 saturated carbocycles. The molecule has 6 nitrogen and oxygen atoms in total. The fourth-order valence-electron chi connectivity index (χ4n) is 2.41. The molecule has 3 rings (SSSR count). The lowest BCUT2D eigenvalue weighted by atomic mass is 10.3. The van der Waals surface area contributed by atoms with E-state index in [0.717, 1.165) is 22.2 Å². The molecule has 1 N–H and O–H groups in total. The van der Waals surface area contributed by atoms with Crippen LogP contribution in [0.5, 0.6) is 0 Å². The van der Waals surface area contributed by atoms with Crippen LogP contribution in [-0.4, -0.2) is 32.6 Å². The highest BCUT2D eigenvalue weighted by atomic mass is 32.1. The lowest BCUT2D eigenvalue weighted by molar-refractivity contribution is -0.130. The number of nitrogens with zero attached hydrogens (tertiary/aromatic N) is 3. The molecular formula is C16H18N4O2S2. The summed E-state index contributed by atoms with van der Waals surface area (Å²) in [4.78, 5) is 15.0. The van der Waals surface area contributed by atoms with Gasteiger partial charge in [-0.25, -0.2) is 0 Å². The average Bonchev–Trinajstić information content (AvgIpc) is 3.27. The topological polar surface area (TPSA) is 67.1 Å². The van der Waals surface area contributed by atoms with Gasteiger partial charge in [0, 0.05) is 20.0 Å². The summed E-state index contributed by atoms with van der Waals surface area (Å²) >= 11 is 6.87. The Hall–Kier alpha value is -2.19. The lowest BCUT2D eigenvalue weighted by Gasteiger charge is -2.16. The number of aromatic nitrogens is 3. The van der Waals surface area contributed by atoms with E-state index in [4.69, 9.17) is 16.6 Å². The summed E-state index contributed by atoms with van der Waals surface area (Å²) in [6, 6.07) is 7.73. The van der Waals surface area contributed by atoms with Crippen LogP contribution in [0.3, 0.4) is 0 Å². The molecule has 0 aliphatic carbocycles. The van der Waals surface area contributed by atoms with Gasteiger partial charge in [-0.15, -0.1) is 11.3 Å². The van der Waals surface area contributed by atoms with Crippen LogP contribution in [0, 0.1) is 11.7 Å². The minimum Gasteiger partial charge on any atom is -0.464 e. The van der Waals surface area contributed by atoms with Crippen LogP contribution in [0.1, 0.15) is 17.9 Å². The summed E-state index contributed by atoms with van der Waals surface area (Å²) in [7, 11) is 1.77. The SMILES string of the molecule is Cc1ccc(CN(C)C(=O)CCn2c(-c3cccs3)n[nH]c2=S)o1. The normalized spacial score (nSPS) is 10.9. The van der Waals surface area contributed by atoms with Crippen molar-refractivity contribution in [3.63, 3.8) is 0 Å². The smallest absolute Gasteiger partial charge is 0.224 e. The summed E-state index contributed by atoms with van der Waals surface area (Å²) < 4.78 is 7.90. The van der Waals surface area contributed by atoms with Gasteiger partial charge in [-0.1, -0.05) is 6.07 Å². The minimum atomic E-state index is 0.0317. The van der Waals surface area contributed by atoms with E-state index >= 15 is 0 Å². The van der Waals surface area contributed by atoms with Gasteiger partial charge >= 0.3 is 0 Å². The molecule has 0 radical (unpaired) electrons. The first kappa shape index (κ1) is 16.7. The molecule has 0 saturated heterocycles. The van der Waals surface area contributed by atoms with Gasteiger partial charge in [0.1, 0.15) is 11.5 Å². The molecule has 24 heavy (non-hydrogen) atoms. The Bertz CT molecular complexity index is 876. The minimum absolute atomic E-state index is 0.0317. The van der Waals surface area contributed by atoms with Crippen molar-refractivity contribution in [1.29, 1.82) is 0 Å². The van der Waals surface area contributed by atoms with Crippen molar-refractivity contribution in [1.82, 2.24) is 19.7 Å². The highest BCUT2D eigenvalue weighted by molar-refractivity contribution is 7.71. The number of carbonyl (C=O) groups excluding carboxylic acids is 1. The zero-order chi connectivity index (χ0) is 17.1. The van der Waals surface area contributed by atoms with Gasteiger partial charge in [-0.3, -0.25) is 14.5 Å². The Morgan fingerprint density at radius 2 is 2.29 bits per heavy atom. The third-order valence-corrected chi connectivity index (χ3v) is 4.84. The van der Waals surface area contributed by atoms with Crippen molar-refractivity contribution < 1.29 is 9.21 Å². The number of aromatic amines is 1. The number of thiophene rings is 1. The van der Waals surface area contributed by atoms with Crippen molar-refractivity contribution in [2.45, 2.75) is 26.4 Å². The number of nitrogens with one attached hydrogen (secondary N) is 1. The zero-order valence-electron chi connectivity index (χ0n) is 13.5. The molecule has 3 aromatic rings. The maximum atomic E-state index is 12.4. The van der Waals surface area contributed by atoms with E-state index < -0.39 is 0 Å². The maximum Gasteiger partial charge on any atom is 0.224 e. The fourth-order valence-corrected chi connectivity index (χ4v) is 3.35. The number of hydrogen-bond donors (Lipinski definition) is 1. The van der Waals surface area contributed by atoms with Crippen LogP contribution in [0.25, 0.3) is 10.7 Å². The van der Waals surface area contributed by atoms with Crippen molar-refractivity contribution >= 4 is 29.5 Å². The Morgan fingerprint density at radius 1 is 1.46 bits per heavy atom. The van der Waals surface area contributed by atoms with E-state index in [-0.39, 0.29) is 5.91 Å². The highest BCUT2D eigenvalue weighted by Crippen LogP contribution is 2.23. The Morgan fingerprint density at radius 3 is 2.96 bits per heavy atom. The summed E-state index contributed by atoms with van der Waals surface area (Å²) in [6.07, 6.45) is 0.350. The molecular weight excluding hydrogens is 344 g/mol. The van der Waals surface area contributed by atoms with E-state index in [1.165, 1.54) is 0 Å². The average molecular weight is 362 g/mol. The van der Waals surface area contributed by atoms with E-state index in [1.807, 2.05) is 41.1 Å². The van der Waals surface area contributed by atoms with Gasteiger partial charge < -0.3 is 9.32 Å². The Labute approximate surface area is 148 Å². The van der Waals surface area contributed by atoms with E-state index in [9.17, 15) is 4.79 Å². The maximum absolute atomic E-state index is 12.4. The molecule has 1 amide bonds. The molecule has 0 aliphatic heterocycles. The van der Waals surface area contributed by atoms with Crippen molar-refractivity contribution in [2.24, 2.45) is 0 Å². The van der Waals surface area contributed by atoms with Gasteiger partial charge in [0.15, 0.2) is 10.6 Å². The van der Waals surface area contributed by atoms with Crippen molar-refractivity contribution in [2.75, 3.05) is 7.05 Å². The van der Waals surface area contributed by atoms with Gasteiger partial charge in [-0.05, 0) is 42.7 Å². The largest absolute Gasteiger partial charge is 0.464 e. The van der Waals surface area contributed by atoms with Crippen LogP contribution >= 0.6 is 23.6 Å². The Balaban J connectivity index is 1.64. The summed E-state index contributed by atoms with van der Waals surface area (Å²) in [5.41, 5.74) is 0. The van der Waals surface area contributed by atoms with Crippen LogP contribution < -0.4 is 0 Å². The second kappa shape index (κ2) is 7.14. The number of aryl methyl sites for hydroxylation is 1. The molecule has 0 bridgehead atoms. The number of rotatable bonds is 6. The van der Waals surface area contributed by atoms with Crippen LogP contribution in [0.4, 0.5) is 0 Å². The van der Waals surface area contributed by atoms with Gasteiger partial charge in [0.2, 0.25) is 5.91 Å². The van der Waals surface area contributed by atoms with Crippen LogP contribution in [0.2, 0.25) is 0 Å². The number of furan rings is 1. The number of hydrogen-bond acceptors (Lipinski definition) is 5. The molecule has 0 fully saturated rings. The van der Waals surface area contributed by atoms with Crippen LogP contribution in [-0.2, 0) is 17.9 Å². The molecule has 126 valence electrons. The molecule has 3 aromatic heterocycles. The zero-order valence-corrected chi connectivity index (χ0v) is 15.1. The first-order valence-electron chi connectivity index (χ1n) is 7.53. The number of H-pyrrole nitrogens is 1. The predicted octanol–water partition coefficient (Wildman–Crippen LogP) is 3.62. The Kier molecular flexibility index (Phi) is 4.96. The first-order valence-corrected chi connectivity index (χ1v) is 8.82. The molecule has 0 spiro atoms. The monoisotopic (exact) mass is 362 g/mol. The summed E-state index contributed by atoms with van der Waals surface area (Å²) in [6.45, 7) is 2.84. The van der Waals surface area contributed by atoms with E-state index in [1.54, 1.807) is 23.3 Å². The highest BCUT2D eigenvalue weighted by Gasteiger charge is 2.14. The van der Waals surface area contributed by atoms with Crippen molar-refractivity contribution in [3.8, 4) is 10.7 Å².